The summed E-state index contributed by atoms with van der Waals surface area (Å²) < 4.78 is 12.4. The minimum atomic E-state index is -0.960. The molecule has 28 heavy (non-hydrogen) atoms. The first-order chi connectivity index (χ1) is 13.3. The lowest BCUT2D eigenvalue weighted by molar-refractivity contribution is -0.119. The minimum absolute atomic E-state index is 0.0772. The van der Waals surface area contributed by atoms with Crippen LogP contribution in [-0.2, 0) is 27.4 Å². The molecule has 0 aliphatic heterocycles. The Balaban J connectivity index is 2.27. The second kappa shape index (κ2) is 8.22. The molecule has 150 valence electrons. The number of nitrogens with one attached hydrogen (secondary N) is 1. The van der Waals surface area contributed by atoms with Gasteiger partial charge in [0.05, 0.1) is 23.2 Å². The SMILES string of the molecule is CCOCc1nc2c(NC(=O)COC)nc3ccccc3c2n1CC(C)(C)O. The van der Waals surface area contributed by atoms with Crippen molar-refractivity contribution in [2.75, 3.05) is 25.6 Å². The van der Waals surface area contributed by atoms with E-state index in [1.165, 1.54) is 7.11 Å². The molecule has 0 unspecified atom stereocenters. The zero-order chi connectivity index (χ0) is 20.3. The first kappa shape index (κ1) is 20.2. The first-order valence-corrected chi connectivity index (χ1v) is 9.20. The number of benzene rings is 1. The topological polar surface area (TPSA) is 98.5 Å². The van der Waals surface area contributed by atoms with Crippen molar-refractivity contribution in [2.45, 2.75) is 39.5 Å². The fourth-order valence-electron chi connectivity index (χ4n) is 3.13. The van der Waals surface area contributed by atoms with Gasteiger partial charge in [-0.3, -0.25) is 4.79 Å². The van der Waals surface area contributed by atoms with Crippen molar-refractivity contribution in [3.63, 3.8) is 0 Å². The number of ether oxygens (including phenoxy) is 2. The van der Waals surface area contributed by atoms with Gasteiger partial charge in [0, 0.05) is 19.1 Å². The second-order valence-corrected chi connectivity index (χ2v) is 7.22. The van der Waals surface area contributed by atoms with Crippen molar-refractivity contribution in [2.24, 2.45) is 0 Å². The molecule has 0 saturated heterocycles. The Kier molecular flexibility index (Phi) is 5.93. The van der Waals surface area contributed by atoms with Gasteiger partial charge < -0.3 is 24.5 Å². The van der Waals surface area contributed by atoms with Crippen LogP contribution in [0.4, 0.5) is 5.82 Å². The highest BCUT2D eigenvalue weighted by molar-refractivity contribution is 6.09. The van der Waals surface area contributed by atoms with Gasteiger partial charge in [0.15, 0.2) is 5.82 Å². The normalized spacial score (nSPS) is 12.0. The van der Waals surface area contributed by atoms with E-state index in [1.54, 1.807) is 13.8 Å². The molecule has 0 saturated carbocycles. The van der Waals surface area contributed by atoms with Gasteiger partial charge in [0.1, 0.15) is 24.6 Å². The number of hydrogen-bond acceptors (Lipinski definition) is 6. The average molecular weight is 386 g/mol. The van der Waals surface area contributed by atoms with E-state index in [0.717, 1.165) is 16.4 Å². The highest BCUT2D eigenvalue weighted by Gasteiger charge is 2.23. The van der Waals surface area contributed by atoms with E-state index in [2.05, 4.69) is 10.3 Å². The van der Waals surface area contributed by atoms with Crippen molar-refractivity contribution in [1.29, 1.82) is 0 Å². The molecule has 8 nitrogen and oxygen atoms in total. The van der Waals surface area contributed by atoms with Gasteiger partial charge in [0.2, 0.25) is 0 Å². The van der Waals surface area contributed by atoms with E-state index >= 15 is 0 Å². The fraction of sp³-hybridized carbons (Fsp3) is 0.450. The molecule has 2 aromatic heterocycles. The van der Waals surface area contributed by atoms with Crippen LogP contribution in [0.2, 0.25) is 0 Å². The van der Waals surface area contributed by atoms with Gasteiger partial charge in [0.25, 0.3) is 5.91 Å². The molecule has 1 aromatic carbocycles. The molecule has 8 heteroatoms. The molecule has 0 aliphatic rings. The minimum Gasteiger partial charge on any atom is -0.389 e. The quantitative estimate of drug-likeness (QED) is 0.617. The van der Waals surface area contributed by atoms with Gasteiger partial charge >= 0.3 is 0 Å². The number of fused-ring (bicyclic) bond motifs is 3. The Morgan fingerprint density at radius 1 is 1.29 bits per heavy atom. The van der Waals surface area contributed by atoms with Gasteiger partial charge in [-0.15, -0.1) is 0 Å². The number of aliphatic hydroxyl groups is 1. The molecule has 1 amide bonds. The first-order valence-electron chi connectivity index (χ1n) is 9.20. The average Bonchev–Trinajstić information content (AvgIpc) is 2.97. The molecule has 0 atom stereocenters. The zero-order valence-corrected chi connectivity index (χ0v) is 16.7. The Hall–Kier alpha value is -2.55. The Morgan fingerprint density at radius 3 is 2.71 bits per heavy atom. The van der Waals surface area contributed by atoms with Crippen LogP contribution in [0.1, 0.15) is 26.6 Å². The lowest BCUT2D eigenvalue weighted by Crippen LogP contribution is -2.27. The van der Waals surface area contributed by atoms with Crippen LogP contribution in [0, 0.1) is 0 Å². The van der Waals surface area contributed by atoms with Crippen molar-refractivity contribution in [3.05, 3.63) is 30.1 Å². The van der Waals surface area contributed by atoms with E-state index in [4.69, 9.17) is 14.5 Å². The summed E-state index contributed by atoms with van der Waals surface area (Å²) in [5, 5.41) is 14.1. The number of rotatable bonds is 8. The Bertz CT molecular complexity index is 991. The van der Waals surface area contributed by atoms with E-state index in [0.29, 0.717) is 36.9 Å². The van der Waals surface area contributed by atoms with Crippen LogP contribution in [-0.4, -0.2) is 51.5 Å². The predicted octanol–water partition coefficient (Wildman–Crippen LogP) is 2.48. The van der Waals surface area contributed by atoms with Crippen LogP contribution in [0.3, 0.4) is 0 Å². The third-order valence-electron chi connectivity index (χ3n) is 4.18. The van der Waals surface area contributed by atoms with Gasteiger partial charge in [-0.2, -0.15) is 0 Å². The fourth-order valence-corrected chi connectivity index (χ4v) is 3.13. The highest BCUT2D eigenvalue weighted by atomic mass is 16.5. The predicted molar refractivity (Wildman–Crippen MR) is 107 cm³/mol. The molecule has 3 aromatic rings. The molecule has 3 rings (SSSR count). The number of para-hydroxylation sites is 1. The Morgan fingerprint density at radius 2 is 2.04 bits per heavy atom. The van der Waals surface area contributed by atoms with Crippen molar-refractivity contribution in [1.82, 2.24) is 14.5 Å². The zero-order valence-electron chi connectivity index (χ0n) is 16.7. The second-order valence-electron chi connectivity index (χ2n) is 7.22. The van der Waals surface area contributed by atoms with E-state index in [1.807, 2.05) is 35.8 Å². The number of anilines is 1. The third-order valence-corrected chi connectivity index (χ3v) is 4.18. The highest BCUT2D eigenvalue weighted by Crippen LogP contribution is 2.31. The molecule has 0 fully saturated rings. The van der Waals surface area contributed by atoms with Gasteiger partial charge in [-0.25, -0.2) is 9.97 Å². The summed E-state index contributed by atoms with van der Waals surface area (Å²) in [5.41, 5.74) is 1.12. The van der Waals surface area contributed by atoms with Crippen molar-refractivity contribution < 1.29 is 19.4 Å². The smallest absolute Gasteiger partial charge is 0.251 e. The lowest BCUT2D eigenvalue weighted by atomic mass is 10.1. The van der Waals surface area contributed by atoms with Crippen LogP contribution in [0.15, 0.2) is 24.3 Å². The monoisotopic (exact) mass is 386 g/mol. The third kappa shape index (κ3) is 4.30. The summed E-state index contributed by atoms with van der Waals surface area (Å²) in [6.07, 6.45) is 0. The number of carbonyl (C=O) groups is 1. The summed E-state index contributed by atoms with van der Waals surface area (Å²) in [7, 11) is 1.46. The Labute approximate surface area is 163 Å². The maximum atomic E-state index is 12.1. The molecule has 0 radical (unpaired) electrons. The number of pyridine rings is 1. The standard InChI is InChI=1S/C20H26N4O4/c1-5-28-10-15-22-17-18(24(15)12-20(2,3)26)13-8-6-7-9-14(13)21-19(17)23-16(25)11-27-4/h6-9,26H,5,10-12H2,1-4H3,(H,21,23,25). The van der Waals surface area contributed by atoms with Crippen molar-refractivity contribution >= 4 is 33.7 Å². The van der Waals surface area contributed by atoms with E-state index < -0.39 is 5.60 Å². The maximum Gasteiger partial charge on any atom is 0.251 e. The molecule has 0 aliphatic carbocycles. The van der Waals surface area contributed by atoms with E-state index in [-0.39, 0.29) is 12.5 Å². The number of methoxy groups -OCH3 is 1. The number of amides is 1. The lowest BCUT2D eigenvalue weighted by Gasteiger charge is -2.20. The van der Waals surface area contributed by atoms with Crippen molar-refractivity contribution in [3.8, 4) is 0 Å². The largest absolute Gasteiger partial charge is 0.389 e. The number of carbonyl (C=O) groups excluding carboxylic acids is 1. The summed E-state index contributed by atoms with van der Waals surface area (Å²) >= 11 is 0. The number of imidazole rings is 1. The molecule has 2 heterocycles. The van der Waals surface area contributed by atoms with Crippen LogP contribution >= 0.6 is 0 Å². The van der Waals surface area contributed by atoms with Gasteiger partial charge in [-0.05, 0) is 26.8 Å². The summed E-state index contributed by atoms with van der Waals surface area (Å²) in [6, 6.07) is 7.65. The molecular formula is C20H26N4O4. The number of hydrogen-bond donors (Lipinski definition) is 2. The molecule has 2 N–H and O–H groups in total. The summed E-state index contributed by atoms with van der Waals surface area (Å²) in [4.78, 5) is 21.4. The van der Waals surface area contributed by atoms with Crippen LogP contribution in [0.25, 0.3) is 21.9 Å². The van der Waals surface area contributed by atoms with Gasteiger partial charge in [-0.1, -0.05) is 18.2 Å². The van der Waals surface area contributed by atoms with Crippen LogP contribution in [0.5, 0.6) is 0 Å². The summed E-state index contributed by atoms with van der Waals surface area (Å²) in [5.74, 6) is 0.720. The van der Waals surface area contributed by atoms with E-state index in [9.17, 15) is 9.90 Å². The number of nitrogens with zero attached hydrogens (tertiary/aromatic N) is 3. The molecular weight excluding hydrogens is 360 g/mol. The number of aromatic nitrogens is 3. The molecule has 0 spiro atoms. The summed E-state index contributed by atoms with van der Waals surface area (Å²) in [6.45, 7) is 6.49. The van der Waals surface area contributed by atoms with Crippen LogP contribution < -0.4 is 5.32 Å². The maximum absolute atomic E-state index is 12.1. The molecule has 0 bridgehead atoms.